The zero-order valence-electron chi connectivity index (χ0n) is 17.6. The average molecular weight is 441 g/mol. The minimum Gasteiger partial charge on any atom is -0.493 e. The van der Waals surface area contributed by atoms with Crippen molar-refractivity contribution in [3.05, 3.63) is 81.3 Å². The largest absolute Gasteiger partial charge is 0.493 e. The molecule has 2 heterocycles. The number of nitrogens with one attached hydrogen (secondary N) is 1. The van der Waals surface area contributed by atoms with Crippen LogP contribution in [0.25, 0.3) is 0 Å². The fraction of sp³-hybridized carbons (Fsp3) is 0.292. The summed E-state index contributed by atoms with van der Waals surface area (Å²) in [5.74, 6) is 1.06. The molecule has 3 aromatic rings. The van der Waals surface area contributed by atoms with Crippen molar-refractivity contribution >= 4 is 17.2 Å². The van der Waals surface area contributed by atoms with Gasteiger partial charge in [-0.25, -0.2) is 4.39 Å². The van der Waals surface area contributed by atoms with Crippen LogP contribution in [-0.2, 0) is 17.8 Å². The molecule has 1 aromatic heterocycles. The number of rotatable bonds is 7. The quantitative estimate of drug-likeness (QED) is 0.599. The van der Waals surface area contributed by atoms with Crippen LogP contribution in [0.1, 0.15) is 27.6 Å². The second kappa shape index (κ2) is 9.49. The summed E-state index contributed by atoms with van der Waals surface area (Å²) in [7, 11) is 3.27. The Hall–Kier alpha value is -2.90. The van der Waals surface area contributed by atoms with Crippen LogP contribution < -0.4 is 14.8 Å². The van der Waals surface area contributed by atoms with Gasteiger partial charge in [0.05, 0.1) is 26.8 Å². The lowest BCUT2D eigenvalue weighted by Gasteiger charge is -2.37. The molecule has 1 aliphatic heterocycles. The average Bonchev–Trinajstić information content (AvgIpc) is 3.32. The van der Waals surface area contributed by atoms with Crippen LogP contribution >= 0.6 is 11.3 Å². The van der Waals surface area contributed by atoms with E-state index in [1.165, 1.54) is 22.6 Å². The van der Waals surface area contributed by atoms with E-state index in [9.17, 15) is 9.18 Å². The molecule has 31 heavy (non-hydrogen) atoms. The second-order valence-electron chi connectivity index (χ2n) is 7.45. The minimum absolute atomic E-state index is 0.0277. The van der Waals surface area contributed by atoms with E-state index in [0.717, 1.165) is 29.8 Å². The van der Waals surface area contributed by atoms with Crippen LogP contribution in [0.3, 0.4) is 0 Å². The molecule has 0 bridgehead atoms. The third-order valence-corrected chi connectivity index (χ3v) is 6.46. The van der Waals surface area contributed by atoms with Crippen molar-refractivity contribution < 1.29 is 18.7 Å². The van der Waals surface area contributed by atoms with Gasteiger partial charge in [0.15, 0.2) is 11.5 Å². The predicted molar refractivity (Wildman–Crippen MR) is 119 cm³/mol. The maximum atomic E-state index is 13.1. The third-order valence-electron chi connectivity index (χ3n) is 5.54. The second-order valence-corrected chi connectivity index (χ2v) is 8.43. The van der Waals surface area contributed by atoms with Gasteiger partial charge < -0.3 is 14.8 Å². The van der Waals surface area contributed by atoms with Gasteiger partial charge in [-0.1, -0.05) is 18.2 Å². The van der Waals surface area contributed by atoms with Crippen LogP contribution in [0, 0.1) is 5.82 Å². The molecular weight excluding hydrogens is 415 g/mol. The van der Waals surface area contributed by atoms with Crippen molar-refractivity contribution in [2.75, 3.05) is 27.3 Å². The Morgan fingerprint density at radius 1 is 1.16 bits per heavy atom. The number of carbonyl (C=O) groups is 1. The van der Waals surface area contributed by atoms with Gasteiger partial charge in [-0.05, 0) is 58.8 Å². The van der Waals surface area contributed by atoms with Gasteiger partial charge >= 0.3 is 0 Å². The van der Waals surface area contributed by atoms with Crippen molar-refractivity contribution in [1.82, 2.24) is 10.2 Å². The summed E-state index contributed by atoms with van der Waals surface area (Å²) in [6, 6.07) is 14.3. The molecular formula is C24H25FN2O3S. The summed E-state index contributed by atoms with van der Waals surface area (Å²) >= 11 is 1.68. The Morgan fingerprint density at radius 2 is 1.90 bits per heavy atom. The highest BCUT2D eigenvalue weighted by Crippen LogP contribution is 2.42. The highest BCUT2D eigenvalue weighted by atomic mass is 32.1. The molecule has 0 saturated carbocycles. The van der Waals surface area contributed by atoms with Gasteiger partial charge in [-0.3, -0.25) is 9.69 Å². The van der Waals surface area contributed by atoms with Gasteiger partial charge in [0.25, 0.3) is 0 Å². The number of carbonyl (C=O) groups excluding carboxylic acids is 1. The normalized spacial score (nSPS) is 15.9. The maximum Gasteiger partial charge on any atom is 0.234 e. The Labute approximate surface area is 185 Å². The predicted octanol–water partition coefficient (Wildman–Crippen LogP) is 4.17. The number of methoxy groups -OCH3 is 2. The van der Waals surface area contributed by atoms with E-state index >= 15 is 0 Å². The third kappa shape index (κ3) is 4.73. The fourth-order valence-electron chi connectivity index (χ4n) is 3.99. The molecule has 162 valence electrons. The van der Waals surface area contributed by atoms with Crippen molar-refractivity contribution in [3.63, 3.8) is 0 Å². The van der Waals surface area contributed by atoms with Crippen LogP contribution in [0.5, 0.6) is 11.5 Å². The monoisotopic (exact) mass is 440 g/mol. The molecule has 1 unspecified atom stereocenters. The first-order chi connectivity index (χ1) is 15.1. The van der Waals surface area contributed by atoms with E-state index in [0.29, 0.717) is 12.3 Å². The lowest BCUT2D eigenvalue weighted by atomic mass is 9.91. The number of amides is 1. The zero-order valence-corrected chi connectivity index (χ0v) is 18.4. The lowest BCUT2D eigenvalue weighted by molar-refractivity contribution is -0.122. The summed E-state index contributed by atoms with van der Waals surface area (Å²) in [6.07, 6.45) is 0.822. The van der Waals surface area contributed by atoms with Crippen LogP contribution in [0.15, 0.2) is 53.9 Å². The van der Waals surface area contributed by atoms with E-state index in [-0.39, 0.29) is 24.3 Å². The highest BCUT2D eigenvalue weighted by Gasteiger charge is 2.32. The van der Waals surface area contributed by atoms with Crippen molar-refractivity contribution in [1.29, 1.82) is 0 Å². The molecule has 1 atom stereocenters. The number of thiophene rings is 1. The Balaban J connectivity index is 1.55. The molecule has 0 radical (unpaired) electrons. The smallest absolute Gasteiger partial charge is 0.234 e. The van der Waals surface area contributed by atoms with Gasteiger partial charge in [-0.15, -0.1) is 11.3 Å². The van der Waals surface area contributed by atoms with Gasteiger partial charge in [-0.2, -0.15) is 0 Å². The van der Waals surface area contributed by atoms with Crippen LogP contribution in [0.4, 0.5) is 4.39 Å². The molecule has 1 amide bonds. The first kappa shape index (κ1) is 21.3. The number of hydrogen-bond donors (Lipinski definition) is 1. The van der Waals surface area contributed by atoms with Gasteiger partial charge in [0, 0.05) is 18.0 Å². The molecule has 4 rings (SSSR count). The molecule has 2 aromatic carbocycles. The van der Waals surface area contributed by atoms with Gasteiger partial charge in [0.1, 0.15) is 5.82 Å². The number of nitrogens with zero attached hydrogens (tertiary/aromatic N) is 1. The fourth-order valence-corrected chi connectivity index (χ4v) is 4.87. The molecule has 1 aliphatic rings. The van der Waals surface area contributed by atoms with E-state index < -0.39 is 0 Å². The summed E-state index contributed by atoms with van der Waals surface area (Å²) < 4.78 is 24.1. The summed E-state index contributed by atoms with van der Waals surface area (Å²) in [5.41, 5.74) is 3.21. The number of hydrogen-bond acceptors (Lipinski definition) is 5. The molecule has 0 spiro atoms. The molecule has 7 heteroatoms. The van der Waals surface area contributed by atoms with Crippen LogP contribution in [-0.4, -0.2) is 38.1 Å². The highest BCUT2D eigenvalue weighted by molar-refractivity contribution is 7.10. The summed E-state index contributed by atoms with van der Waals surface area (Å²) in [5, 5.41) is 5.00. The molecule has 0 aliphatic carbocycles. The van der Waals surface area contributed by atoms with E-state index in [4.69, 9.17) is 9.47 Å². The Bertz CT molecular complexity index is 1040. The van der Waals surface area contributed by atoms with Crippen molar-refractivity contribution in [2.45, 2.75) is 19.0 Å². The number of fused-ring (bicyclic) bond motifs is 1. The lowest BCUT2D eigenvalue weighted by Crippen LogP contribution is -2.42. The zero-order chi connectivity index (χ0) is 21.8. The maximum absolute atomic E-state index is 13.1. The number of halogens is 1. The van der Waals surface area contributed by atoms with Crippen molar-refractivity contribution in [2.24, 2.45) is 0 Å². The topological polar surface area (TPSA) is 50.8 Å². The number of benzene rings is 2. The molecule has 1 N–H and O–H groups in total. The first-order valence-electron chi connectivity index (χ1n) is 10.1. The number of ether oxygens (including phenoxy) is 2. The summed E-state index contributed by atoms with van der Waals surface area (Å²) in [6.45, 7) is 1.41. The van der Waals surface area contributed by atoms with E-state index in [2.05, 4.69) is 21.7 Å². The molecule has 0 fully saturated rings. The van der Waals surface area contributed by atoms with E-state index in [1.807, 2.05) is 18.2 Å². The first-order valence-corrected chi connectivity index (χ1v) is 11.0. The Kier molecular flexibility index (Phi) is 6.53. The molecule has 5 nitrogen and oxygen atoms in total. The van der Waals surface area contributed by atoms with Crippen LogP contribution in [0.2, 0.25) is 0 Å². The van der Waals surface area contributed by atoms with Crippen molar-refractivity contribution in [3.8, 4) is 11.5 Å². The standard InChI is InChI=1S/C24H25FN2O3S/c1-29-20-12-17-9-10-27(15-23(28)26-14-16-5-7-18(25)8-6-16)24(22-4-3-11-31-22)19(17)13-21(20)30-2/h3-8,11-13,24H,9-10,14-15H2,1-2H3,(H,26,28). The van der Waals surface area contributed by atoms with E-state index in [1.54, 1.807) is 37.7 Å². The molecule has 0 saturated heterocycles. The Morgan fingerprint density at radius 3 is 2.58 bits per heavy atom. The minimum atomic E-state index is -0.284. The summed E-state index contributed by atoms with van der Waals surface area (Å²) in [4.78, 5) is 16.1. The SMILES string of the molecule is COc1cc2c(cc1OC)C(c1cccs1)N(CC(=O)NCc1ccc(F)cc1)CC2. The van der Waals surface area contributed by atoms with Gasteiger partial charge in [0.2, 0.25) is 5.91 Å².